The summed E-state index contributed by atoms with van der Waals surface area (Å²) in [5.41, 5.74) is 0.414. The molecule has 0 atom stereocenters. The molecule has 0 bridgehead atoms. The van der Waals surface area contributed by atoms with Crippen LogP contribution in [0, 0.1) is 5.39 Å². The van der Waals surface area contributed by atoms with Gasteiger partial charge in [-0.1, -0.05) is 30.3 Å². The van der Waals surface area contributed by atoms with Crippen LogP contribution in [0.2, 0.25) is 0 Å². The van der Waals surface area contributed by atoms with E-state index in [4.69, 9.17) is 4.74 Å². The van der Waals surface area contributed by atoms with Crippen molar-refractivity contribution < 1.29 is 9.84 Å². The normalized spacial score (nSPS) is 10.6. The predicted molar refractivity (Wildman–Crippen MR) is 79.0 cm³/mol. The molecule has 3 aromatic rings. The first-order valence-corrected chi connectivity index (χ1v) is 6.42. The molecule has 0 fully saturated rings. The van der Waals surface area contributed by atoms with Crippen molar-refractivity contribution in [2.24, 2.45) is 0 Å². The molecule has 0 aromatic heterocycles. The van der Waals surface area contributed by atoms with Gasteiger partial charge in [0.15, 0.2) is 4.98 Å². The van der Waals surface area contributed by atoms with Gasteiger partial charge in [0.05, 0.1) is 12.0 Å². The van der Waals surface area contributed by atoms with E-state index in [0.717, 1.165) is 0 Å². The fourth-order valence-electron chi connectivity index (χ4n) is 2.53. The number of aromatic hydroxyl groups is 1. The van der Waals surface area contributed by atoms with Crippen LogP contribution in [-0.4, -0.2) is 11.7 Å². The maximum absolute atomic E-state index is 10.4. The van der Waals surface area contributed by atoms with Crippen molar-refractivity contribution in [3.8, 4) is 11.5 Å². The van der Waals surface area contributed by atoms with E-state index >= 15 is 0 Å². The second-order valence-electron chi connectivity index (χ2n) is 4.45. The molecule has 98 valence electrons. The van der Waals surface area contributed by atoms with E-state index in [2.05, 4.69) is 4.98 Å². The number of ether oxygens (including phenoxy) is 1. The number of fused-ring (bicyclic) bond motifs is 2. The number of rotatable bonds is 2. The highest BCUT2D eigenvalue weighted by molar-refractivity contribution is 6.17. The standard InChI is InChI=1S/C16H12N2O2/c1-2-20-13-9-5-8-12-14(13)15(18-17)10-6-3-4-7-11(10)16(12)19/h3-9H,2H2,1H3/p+1. The molecule has 4 nitrogen and oxygen atoms in total. The molecule has 0 saturated carbocycles. The summed E-state index contributed by atoms with van der Waals surface area (Å²) in [6, 6.07) is 12.7. The summed E-state index contributed by atoms with van der Waals surface area (Å²) < 4.78 is 5.58. The third-order valence-corrected chi connectivity index (χ3v) is 3.36. The number of hydrogen-bond acceptors (Lipinski definition) is 3. The lowest BCUT2D eigenvalue weighted by molar-refractivity contribution is 0.344. The molecule has 0 heterocycles. The Bertz CT molecular complexity index is 850. The van der Waals surface area contributed by atoms with Crippen LogP contribution >= 0.6 is 0 Å². The molecule has 3 rings (SSSR count). The summed E-state index contributed by atoms with van der Waals surface area (Å²) >= 11 is 0. The first kappa shape index (κ1) is 12.2. The molecular formula is C16H13N2O2+. The maximum atomic E-state index is 10.4. The zero-order valence-electron chi connectivity index (χ0n) is 11.0. The van der Waals surface area contributed by atoms with E-state index in [9.17, 15) is 10.5 Å². The Morgan fingerprint density at radius 1 is 1.05 bits per heavy atom. The second kappa shape index (κ2) is 4.71. The van der Waals surface area contributed by atoms with Crippen molar-refractivity contribution in [1.29, 1.82) is 5.39 Å². The summed E-state index contributed by atoms with van der Waals surface area (Å²) in [4.78, 5) is 3.42. The highest BCUT2D eigenvalue weighted by Gasteiger charge is 2.24. The summed E-state index contributed by atoms with van der Waals surface area (Å²) in [6.45, 7) is 2.38. The molecule has 3 aromatic carbocycles. The lowest BCUT2D eigenvalue weighted by Gasteiger charge is -2.08. The van der Waals surface area contributed by atoms with Gasteiger partial charge in [-0.2, -0.15) is 0 Å². The third-order valence-electron chi connectivity index (χ3n) is 3.36. The Labute approximate surface area is 115 Å². The third kappa shape index (κ3) is 1.64. The van der Waals surface area contributed by atoms with Crippen LogP contribution < -0.4 is 4.74 Å². The van der Waals surface area contributed by atoms with E-state index in [1.54, 1.807) is 18.2 Å². The number of diazo groups is 1. The van der Waals surface area contributed by atoms with E-state index in [0.29, 0.717) is 39.6 Å². The van der Waals surface area contributed by atoms with Gasteiger partial charge in [-0.15, -0.1) is 0 Å². The SMILES string of the molecule is CCOc1cccc2c(O)c3ccccc3c([N+]#N)c12. The minimum absolute atomic E-state index is 0.171. The van der Waals surface area contributed by atoms with Crippen LogP contribution in [0.4, 0.5) is 5.69 Å². The monoisotopic (exact) mass is 265 g/mol. The zero-order chi connectivity index (χ0) is 14.1. The van der Waals surface area contributed by atoms with Gasteiger partial charge in [0.25, 0.3) is 0 Å². The smallest absolute Gasteiger partial charge is 0.404 e. The lowest BCUT2D eigenvalue weighted by Crippen LogP contribution is -1.92. The molecule has 0 aliphatic heterocycles. The Morgan fingerprint density at radius 2 is 1.75 bits per heavy atom. The number of benzene rings is 3. The molecule has 4 heteroatoms. The Morgan fingerprint density at radius 3 is 2.45 bits per heavy atom. The van der Waals surface area contributed by atoms with Gasteiger partial charge in [-0.3, -0.25) is 0 Å². The Kier molecular flexibility index (Phi) is 2.88. The topological polar surface area (TPSA) is 57.6 Å². The number of hydrogen-bond donors (Lipinski definition) is 1. The molecule has 0 amide bonds. The van der Waals surface area contributed by atoms with E-state index in [-0.39, 0.29) is 5.75 Å². The van der Waals surface area contributed by atoms with Crippen LogP contribution in [0.25, 0.3) is 26.5 Å². The van der Waals surface area contributed by atoms with Crippen molar-refractivity contribution in [2.45, 2.75) is 6.92 Å². The Hall–Kier alpha value is -2.80. The molecule has 0 aliphatic rings. The summed E-state index contributed by atoms with van der Waals surface area (Å²) in [5.74, 6) is 0.767. The van der Waals surface area contributed by atoms with Crippen LogP contribution in [0.5, 0.6) is 11.5 Å². The van der Waals surface area contributed by atoms with Crippen LogP contribution in [0.1, 0.15) is 6.92 Å². The average molecular weight is 265 g/mol. The van der Waals surface area contributed by atoms with Gasteiger partial charge in [0.1, 0.15) is 16.9 Å². The number of phenolic OH excluding ortho intramolecular Hbond substituents is 1. The fraction of sp³-hybridized carbons (Fsp3) is 0.125. The van der Waals surface area contributed by atoms with Crippen molar-refractivity contribution in [3.63, 3.8) is 0 Å². The molecule has 0 radical (unpaired) electrons. The minimum Gasteiger partial charge on any atom is -0.507 e. The molecule has 20 heavy (non-hydrogen) atoms. The van der Waals surface area contributed by atoms with Gasteiger partial charge in [0, 0.05) is 10.8 Å². The lowest BCUT2D eigenvalue weighted by atomic mass is 9.99. The number of phenols is 1. The predicted octanol–water partition coefficient (Wildman–Crippen LogP) is 4.58. The van der Waals surface area contributed by atoms with Crippen molar-refractivity contribution in [1.82, 2.24) is 0 Å². The van der Waals surface area contributed by atoms with Crippen molar-refractivity contribution in [3.05, 3.63) is 47.4 Å². The van der Waals surface area contributed by atoms with Crippen molar-refractivity contribution >= 4 is 27.2 Å². The average Bonchev–Trinajstić information content (AvgIpc) is 2.49. The molecule has 0 saturated heterocycles. The van der Waals surface area contributed by atoms with E-state index < -0.39 is 0 Å². The molecular weight excluding hydrogens is 252 g/mol. The van der Waals surface area contributed by atoms with Crippen LogP contribution in [-0.2, 0) is 0 Å². The maximum Gasteiger partial charge on any atom is 0.404 e. The second-order valence-corrected chi connectivity index (χ2v) is 4.45. The largest absolute Gasteiger partial charge is 0.507 e. The zero-order valence-corrected chi connectivity index (χ0v) is 11.0. The van der Waals surface area contributed by atoms with Crippen molar-refractivity contribution in [2.75, 3.05) is 6.61 Å². The molecule has 0 unspecified atom stereocenters. The van der Waals surface area contributed by atoms with E-state index in [1.807, 2.05) is 31.2 Å². The van der Waals surface area contributed by atoms with Crippen LogP contribution in [0.3, 0.4) is 0 Å². The van der Waals surface area contributed by atoms with Crippen LogP contribution in [0.15, 0.2) is 42.5 Å². The van der Waals surface area contributed by atoms with Gasteiger partial charge < -0.3 is 9.84 Å². The van der Waals surface area contributed by atoms with Gasteiger partial charge in [-0.05, 0) is 19.1 Å². The molecule has 0 aliphatic carbocycles. The summed E-state index contributed by atoms with van der Waals surface area (Å²) in [7, 11) is 0. The summed E-state index contributed by atoms with van der Waals surface area (Å²) in [6.07, 6.45) is 0. The summed E-state index contributed by atoms with van der Waals surface area (Å²) in [5, 5.41) is 22.4. The minimum atomic E-state index is 0.171. The first-order chi connectivity index (χ1) is 9.77. The number of nitrogens with zero attached hydrogens (tertiary/aromatic N) is 2. The van der Waals surface area contributed by atoms with Gasteiger partial charge in [0.2, 0.25) is 5.39 Å². The molecule has 1 N–H and O–H groups in total. The fourth-order valence-corrected chi connectivity index (χ4v) is 2.53. The van der Waals surface area contributed by atoms with Gasteiger partial charge >= 0.3 is 5.69 Å². The Balaban J connectivity index is 2.58. The van der Waals surface area contributed by atoms with Gasteiger partial charge in [-0.25, -0.2) is 0 Å². The van der Waals surface area contributed by atoms with E-state index in [1.165, 1.54) is 0 Å². The highest BCUT2D eigenvalue weighted by atomic mass is 16.5. The highest BCUT2D eigenvalue weighted by Crippen LogP contribution is 2.45. The first-order valence-electron chi connectivity index (χ1n) is 6.42. The quantitative estimate of drug-likeness (QED) is 0.545. The molecule has 0 spiro atoms.